The zero-order valence-corrected chi connectivity index (χ0v) is 15.5. The van der Waals surface area contributed by atoms with Gasteiger partial charge in [0.2, 0.25) is 5.91 Å². The van der Waals surface area contributed by atoms with Crippen LogP contribution in [0.1, 0.15) is 28.9 Å². The van der Waals surface area contributed by atoms with Crippen molar-refractivity contribution in [3.8, 4) is 0 Å². The molecule has 1 heterocycles. The number of aromatic nitrogens is 1. The van der Waals surface area contributed by atoms with Gasteiger partial charge in [0.25, 0.3) is 17.2 Å². The molecule has 0 aliphatic carbocycles. The van der Waals surface area contributed by atoms with E-state index in [1.807, 2.05) is 42.5 Å². The number of pyridine rings is 1. The van der Waals surface area contributed by atoms with Gasteiger partial charge in [-0.15, -0.1) is 0 Å². The number of benzene rings is 2. The summed E-state index contributed by atoms with van der Waals surface area (Å²) >= 11 is 0. The van der Waals surface area contributed by atoms with E-state index in [-0.39, 0.29) is 6.04 Å². The van der Waals surface area contributed by atoms with Crippen molar-refractivity contribution >= 4 is 28.3 Å². The van der Waals surface area contributed by atoms with E-state index in [4.69, 9.17) is 5.73 Å². The zero-order chi connectivity index (χ0) is 21.1. The Morgan fingerprint density at radius 3 is 2.52 bits per heavy atom. The fourth-order valence-electron chi connectivity index (χ4n) is 3.02. The lowest BCUT2D eigenvalue weighted by atomic mass is 10.0. The van der Waals surface area contributed by atoms with E-state index in [2.05, 4.69) is 5.32 Å². The fourth-order valence-corrected chi connectivity index (χ4v) is 3.02. The molecule has 3 N–H and O–H groups in total. The van der Waals surface area contributed by atoms with Crippen LogP contribution in [0.15, 0.2) is 59.5 Å². The van der Waals surface area contributed by atoms with Crippen LogP contribution in [0.4, 0.5) is 5.69 Å². The summed E-state index contributed by atoms with van der Waals surface area (Å²) < 4.78 is 0.806. The Balaban J connectivity index is 1.81. The summed E-state index contributed by atoms with van der Waals surface area (Å²) in [5.41, 5.74) is 4.06. The number of nitrogens with two attached hydrogens (primary N) is 1. The number of amides is 2. The van der Waals surface area contributed by atoms with Gasteiger partial charge in [0, 0.05) is 6.07 Å². The Morgan fingerprint density at radius 1 is 1.17 bits per heavy atom. The molecule has 3 aromatic rings. The molecule has 148 valence electrons. The van der Waals surface area contributed by atoms with Gasteiger partial charge in [-0.25, -0.2) is 0 Å². The minimum atomic E-state index is -1.10. The van der Waals surface area contributed by atoms with Crippen molar-refractivity contribution in [1.82, 2.24) is 9.88 Å². The molecule has 0 radical (unpaired) electrons. The van der Waals surface area contributed by atoms with E-state index in [1.165, 1.54) is 0 Å². The number of nitro groups is 1. The lowest BCUT2D eigenvalue weighted by molar-refractivity contribution is -0.385. The summed E-state index contributed by atoms with van der Waals surface area (Å²) in [6.07, 6.45) is 0.912. The van der Waals surface area contributed by atoms with Crippen molar-refractivity contribution in [3.63, 3.8) is 0 Å². The van der Waals surface area contributed by atoms with Gasteiger partial charge in [0.1, 0.15) is 12.1 Å². The number of rotatable bonds is 6. The number of fused-ring (bicyclic) bond motifs is 1. The SMILES string of the molecule is CC(NC(=O)Cn1cc([N+](=O)[O-])cc(C(N)=O)c1=O)c1ccc2ccccc2c1. The molecule has 3 rings (SSSR count). The maximum absolute atomic E-state index is 12.4. The fraction of sp³-hybridized carbons (Fsp3) is 0.150. The van der Waals surface area contributed by atoms with Gasteiger partial charge in [-0.3, -0.25) is 29.1 Å². The molecular formula is C20H18N4O5. The molecule has 2 amide bonds. The first kappa shape index (κ1) is 19.7. The van der Waals surface area contributed by atoms with Crippen molar-refractivity contribution < 1.29 is 14.5 Å². The van der Waals surface area contributed by atoms with E-state index in [0.29, 0.717) is 0 Å². The summed E-state index contributed by atoms with van der Waals surface area (Å²) in [5, 5.41) is 15.9. The van der Waals surface area contributed by atoms with Crippen LogP contribution >= 0.6 is 0 Å². The second-order valence-corrected chi connectivity index (χ2v) is 6.56. The predicted octanol–water partition coefficient (Wildman–Crippen LogP) is 1.89. The van der Waals surface area contributed by atoms with Gasteiger partial charge in [-0.05, 0) is 29.3 Å². The molecule has 0 fully saturated rings. The van der Waals surface area contributed by atoms with E-state index >= 15 is 0 Å². The normalized spacial score (nSPS) is 11.8. The molecule has 0 aliphatic rings. The standard InChI is InChI=1S/C20H18N4O5/c1-12(14-7-6-13-4-2-3-5-15(13)8-14)22-18(25)11-23-10-16(24(28)29)9-17(19(21)26)20(23)27/h2-10,12H,11H2,1H3,(H2,21,26)(H,22,25). The van der Waals surface area contributed by atoms with Gasteiger partial charge >= 0.3 is 0 Å². The van der Waals surface area contributed by atoms with E-state index in [9.17, 15) is 24.5 Å². The van der Waals surface area contributed by atoms with Crippen LogP contribution in [0.5, 0.6) is 0 Å². The first-order chi connectivity index (χ1) is 13.8. The summed E-state index contributed by atoms with van der Waals surface area (Å²) in [5.74, 6) is -1.64. The van der Waals surface area contributed by atoms with Gasteiger partial charge in [0.05, 0.1) is 17.2 Å². The predicted molar refractivity (Wildman–Crippen MR) is 106 cm³/mol. The molecule has 0 saturated heterocycles. The van der Waals surface area contributed by atoms with E-state index < -0.39 is 40.1 Å². The van der Waals surface area contributed by atoms with Gasteiger partial charge in [-0.2, -0.15) is 0 Å². The quantitative estimate of drug-likeness (QED) is 0.486. The monoisotopic (exact) mass is 394 g/mol. The van der Waals surface area contributed by atoms with Crippen LogP contribution in [0.3, 0.4) is 0 Å². The Hall–Kier alpha value is -4.01. The Morgan fingerprint density at radius 2 is 1.86 bits per heavy atom. The first-order valence-corrected chi connectivity index (χ1v) is 8.73. The number of hydrogen-bond donors (Lipinski definition) is 2. The van der Waals surface area contributed by atoms with Crippen molar-refractivity contribution in [1.29, 1.82) is 0 Å². The highest BCUT2D eigenvalue weighted by molar-refractivity contribution is 5.93. The molecule has 0 saturated carbocycles. The summed E-state index contributed by atoms with van der Waals surface area (Å²) in [7, 11) is 0. The number of hydrogen-bond acceptors (Lipinski definition) is 5. The number of carbonyl (C=O) groups is 2. The minimum absolute atomic E-state index is 0.364. The van der Waals surface area contributed by atoms with Crippen LogP contribution < -0.4 is 16.6 Å². The zero-order valence-electron chi connectivity index (χ0n) is 15.5. The lowest BCUT2D eigenvalue weighted by Crippen LogP contribution is -2.36. The molecule has 9 heteroatoms. The molecule has 1 unspecified atom stereocenters. The van der Waals surface area contributed by atoms with Crippen molar-refractivity contribution in [2.45, 2.75) is 19.5 Å². The largest absolute Gasteiger partial charge is 0.365 e. The van der Waals surface area contributed by atoms with Crippen LogP contribution in [0.2, 0.25) is 0 Å². The number of primary amides is 1. The van der Waals surface area contributed by atoms with Gasteiger partial charge in [-0.1, -0.05) is 36.4 Å². The Bertz CT molecular complexity index is 1180. The Labute approximate surface area is 164 Å². The third-order valence-corrected chi connectivity index (χ3v) is 4.51. The summed E-state index contributed by atoms with van der Waals surface area (Å²) in [4.78, 5) is 46.4. The molecule has 0 spiro atoms. The second-order valence-electron chi connectivity index (χ2n) is 6.56. The van der Waals surface area contributed by atoms with Crippen LogP contribution in [0, 0.1) is 10.1 Å². The van der Waals surface area contributed by atoms with Crippen molar-refractivity contribution in [3.05, 3.63) is 86.3 Å². The van der Waals surface area contributed by atoms with Crippen molar-refractivity contribution in [2.24, 2.45) is 5.73 Å². The minimum Gasteiger partial charge on any atom is -0.365 e. The molecule has 9 nitrogen and oxygen atoms in total. The third kappa shape index (κ3) is 4.29. The molecule has 1 aromatic heterocycles. The van der Waals surface area contributed by atoms with E-state index in [0.717, 1.165) is 33.2 Å². The van der Waals surface area contributed by atoms with Gasteiger partial charge in [0.15, 0.2) is 0 Å². The highest BCUT2D eigenvalue weighted by Gasteiger charge is 2.19. The maximum atomic E-state index is 12.4. The third-order valence-electron chi connectivity index (χ3n) is 4.51. The van der Waals surface area contributed by atoms with E-state index in [1.54, 1.807) is 6.92 Å². The molecule has 0 aliphatic heterocycles. The van der Waals surface area contributed by atoms with Crippen LogP contribution in [0.25, 0.3) is 10.8 Å². The number of nitrogens with zero attached hydrogens (tertiary/aromatic N) is 2. The van der Waals surface area contributed by atoms with Gasteiger partial charge < -0.3 is 11.1 Å². The Kier molecular flexibility index (Phi) is 5.40. The highest BCUT2D eigenvalue weighted by atomic mass is 16.6. The lowest BCUT2D eigenvalue weighted by Gasteiger charge is -2.16. The molecule has 0 bridgehead atoms. The summed E-state index contributed by atoms with van der Waals surface area (Å²) in [6.45, 7) is 1.30. The summed E-state index contributed by atoms with van der Waals surface area (Å²) in [6, 6.07) is 14.0. The van der Waals surface area contributed by atoms with Crippen LogP contribution in [-0.2, 0) is 11.3 Å². The first-order valence-electron chi connectivity index (χ1n) is 8.73. The average molecular weight is 394 g/mol. The molecule has 1 atom stereocenters. The average Bonchev–Trinajstić information content (AvgIpc) is 2.68. The molecule has 29 heavy (non-hydrogen) atoms. The number of carbonyl (C=O) groups excluding carboxylic acids is 2. The topological polar surface area (TPSA) is 137 Å². The maximum Gasteiger partial charge on any atom is 0.286 e. The van der Waals surface area contributed by atoms with Crippen molar-refractivity contribution in [2.75, 3.05) is 0 Å². The smallest absolute Gasteiger partial charge is 0.286 e. The van der Waals surface area contributed by atoms with Crippen LogP contribution in [-0.4, -0.2) is 21.3 Å². The second kappa shape index (κ2) is 7.93. The molecular weight excluding hydrogens is 376 g/mol. The molecule has 2 aromatic carbocycles. The number of nitrogens with one attached hydrogen (secondary N) is 1. The highest BCUT2D eigenvalue weighted by Crippen LogP contribution is 2.20.